The predicted octanol–water partition coefficient (Wildman–Crippen LogP) is 0.0720. The van der Waals surface area contributed by atoms with Crippen LogP contribution in [-0.4, -0.2) is 60.1 Å². The SMILES string of the molecule is CS(=O)Cc1cc(I)c2c(c1O)C(O)=C1C(=O)C3(O)C(=O)C(C(N)=O)C(O)CC3CC1C2. The molecule has 3 aliphatic rings. The van der Waals surface area contributed by atoms with Crippen molar-refractivity contribution in [3.05, 3.63) is 31.9 Å². The lowest BCUT2D eigenvalue weighted by Crippen LogP contribution is -2.66. The molecular weight excluding hydrogens is 553 g/mol. The average Bonchev–Trinajstić information content (AvgIpc) is 2.68. The number of aliphatic hydroxyl groups excluding tert-OH is 2. The summed E-state index contributed by atoms with van der Waals surface area (Å²) in [6, 6.07) is 1.68. The van der Waals surface area contributed by atoms with Crippen LogP contribution in [-0.2, 0) is 37.4 Å². The van der Waals surface area contributed by atoms with E-state index in [4.69, 9.17) is 5.73 Å². The van der Waals surface area contributed by atoms with Gasteiger partial charge in [-0.15, -0.1) is 0 Å². The van der Waals surface area contributed by atoms with Crippen molar-refractivity contribution in [1.29, 1.82) is 0 Å². The third-order valence-corrected chi connectivity index (χ3v) is 8.45. The Morgan fingerprint density at radius 3 is 2.56 bits per heavy atom. The van der Waals surface area contributed by atoms with Gasteiger partial charge in [0.2, 0.25) is 11.7 Å². The van der Waals surface area contributed by atoms with Crippen molar-refractivity contribution in [2.75, 3.05) is 6.26 Å². The molecule has 0 radical (unpaired) electrons. The molecule has 2 fully saturated rings. The van der Waals surface area contributed by atoms with E-state index in [1.54, 1.807) is 6.07 Å². The number of carbonyl (C=O) groups is 3. The molecule has 0 bridgehead atoms. The van der Waals surface area contributed by atoms with Crippen molar-refractivity contribution in [2.24, 2.45) is 23.5 Å². The van der Waals surface area contributed by atoms with Gasteiger partial charge in [0.15, 0.2) is 11.4 Å². The van der Waals surface area contributed by atoms with Gasteiger partial charge in [0.1, 0.15) is 17.4 Å². The van der Waals surface area contributed by atoms with Gasteiger partial charge in [0, 0.05) is 37.7 Å². The molecule has 0 aliphatic heterocycles. The van der Waals surface area contributed by atoms with Gasteiger partial charge < -0.3 is 26.2 Å². The first-order valence-corrected chi connectivity index (χ1v) is 12.8. The number of rotatable bonds is 3. The van der Waals surface area contributed by atoms with Crippen LogP contribution in [0, 0.1) is 21.3 Å². The molecule has 0 heterocycles. The van der Waals surface area contributed by atoms with Crippen LogP contribution in [0.4, 0.5) is 0 Å². The first-order chi connectivity index (χ1) is 14.9. The van der Waals surface area contributed by atoms with Crippen LogP contribution in [0.1, 0.15) is 29.5 Å². The number of ketones is 2. The van der Waals surface area contributed by atoms with E-state index in [0.29, 0.717) is 14.7 Å². The molecule has 6 atom stereocenters. The molecule has 6 N–H and O–H groups in total. The number of nitrogens with two attached hydrogens (primary N) is 1. The number of hydrogen-bond acceptors (Lipinski definition) is 8. The van der Waals surface area contributed by atoms with E-state index in [2.05, 4.69) is 0 Å². The molecule has 1 amide bonds. The van der Waals surface area contributed by atoms with E-state index in [0.717, 1.165) is 0 Å². The summed E-state index contributed by atoms with van der Waals surface area (Å²) in [5.74, 6) is -7.37. The molecule has 11 heteroatoms. The van der Waals surface area contributed by atoms with Crippen LogP contribution in [0.25, 0.3) is 5.76 Å². The Balaban J connectivity index is 1.88. The molecule has 0 saturated heterocycles. The Bertz CT molecular complexity index is 1130. The molecule has 1 aromatic carbocycles. The molecular formula is C21H22INO8S. The van der Waals surface area contributed by atoms with Crippen molar-refractivity contribution in [2.45, 2.75) is 36.7 Å². The summed E-state index contributed by atoms with van der Waals surface area (Å²) in [4.78, 5) is 38.1. The number of phenolic OH excluding ortho intramolecular Hbond substituents is 1. The van der Waals surface area contributed by atoms with E-state index < -0.39 is 63.5 Å². The summed E-state index contributed by atoms with van der Waals surface area (Å²) in [6.45, 7) is 0. The first-order valence-electron chi connectivity index (χ1n) is 9.95. The quantitative estimate of drug-likeness (QED) is 0.249. The monoisotopic (exact) mass is 575 g/mol. The van der Waals surface area contributed by atoms with Gasteiger partial charge in [-0.25, -0.2) is 0 Å². The molecule has 32 heavy (non-hydrogen) atoms. The van der Waals surface area contributed by atoms with E-state index in [-0.39, 0.29) is 41.9 Å². The van der Waals surface area contributed by atoms with Gasteiger partial charge in [-0.2, -0.15) is 0 Å². The Hall–Kier alpha value is -1.83. The Labute approximate surface area is 199 Å². The molecule has 172 valence electrons. The van der Waals surface area contributed by atoms with Gasteiger partial charge >= 0.3 is 0 Å². The number of hydrogen-bond donors (Lipinski definition) is 5. The number of halogens is 1. The molecule has 2 saturated carbocycles. The van der Waals surface area contributed by atoms with E-state index in [9.17, 15) is 39.0 Å². The second-order valence-electron chi connectivity index (χ2n) is 8.68. The van der Waals surface area contributed by atoms with Crippen molar-refractivity contribution < 1.29 is 39.0 Å². The number of carbonyl (C=O) groups excluding carboxylic acids is 3. The second kappa shape index (κ2) is 7.89. The Morgan fingerprint density at radius 2 is 1.97 bits per heavy atom. The highest BCUT2D eigenvalue weighted by atomic mass is 127. The lowest BCUT2D eigenvalue weighted by Gasteiger charge is -2.48. The smallest absolute Gasteiger partial charge is 0.230 e. The zero-order valence-electron chi connectivity index (χ0n) is 17.0. The van der Waals surface area contributed by atoms with Crippen molar-refractivity contribution in [3.63, 3.8) is 0 Å². The maximum Gasteiger partial charge on any atom is 0.230 e. The summed E-state index contributed by atoms with van der Waals surface area (Å²) < 4.78 is 12.4. The predicted molar refractivity (Wildman–Crippen MR) is 122 cm³/mol. The van der Waals surface area contributed by atoms with Crippen LogP contribution in [0.2, 0.25) is 0 Å². The fraction of sp³-hybridized carbons (Fsp3) is 0.476. The van der Waals surface area contributed by atoms with Crippen molar-refractivity contribution in [1.82, 2.24) is 0 Å². The number of fused-ring (bicyclic) bond motifs is 3. The highest BCUT2D eigenvalue weighted by Crippen LogP contribution is 2.52. The largest absolute Gasteiger partial charge is 0.507 e. The van der Waals surface area contributed by atoms with Crippen molar-refractivity contribution in [3.8, 4) is 5.75 Å². The lowest BCUT2D eigenvalue weighted by molar-refractivity contribution is -0.174. The molecule has 6 unspecified atom stereocenters. The number of amides is 1. The van der Waals surface area contributed by atoms with Gasteiger partial charge in [0.25, 0.3) is 0 Å². The fourth-order valence-corrected chi connectivity index (χ4v) is 6.85. The summed E-state index contributed by atoms with van der Waals surface area (Å²) in [6.07, 6.45) is 0.279. The van der Waals surface area contributed by atoms with Gasteiger partial charge in [-0.3, -0.25) is 18.6 Å². The number of phenols is 1. The average molecular weight is 575 g/mol. The maximum absolute atomic E-state index is 13.4. The standard InChI is InChI=1S/C21H22INO8S/c1-32(31)6-8-4-11(22)10-3-7-2-9-5-12(24)15(20(23)29)19(28)21(9,30)18(27)13(7)17(26)14(10)16(8)25/h4,7,9,12,15,24-26,30H,2-3,5-6H2,1H3,(H2,23,29). The summed E-state index contributed by atoms with van der Waals surface area (Å²) in [5.41, 5.74) is 3.41. The van der Waals surface area contributed by atoms with E-state index in [1.165, 1.54) is 6.26 Å². The number of primary amides is 1. The van der Waals surface area contributed by atoms with E-state index >= 15 is 0 Å². The molecule has 3 aliphatic carbocycles. The lowest BCUT2D eigenvalue weighted by atomic mass is 9.56. The van der Waals surface area contributed by atoms with Crippen LogP contribution >= 0.6 is 22.6 Å². The molecule has 0 spiro atoms. The third-order valence-electron chi connectivity index (χ3n) is 6.77. The minimum absolute atomic E-state index is 0.0220. The van der Waals surface area contributed by atoms with Crippen LogP contribution in [0.5, 0.6) is 5.75 Å². The van der Waals surface area contributed by atoms with Crippen molar-refractivity contribution >= 4 is 56.6 Å². The third kappa shape index (κ3) is 3.24. The number of benzene rings is 1. The van der Waals surface area contributed by atoms with E-state index in [1.807, 2.05) is 22.6 Å². The molecule has 9 nitrogen and oxygen atoms in total. The summed E-state index contributed by atoms with van der Waals surface area (Å²) in [7, 11) is -1.27. The number of Topliss-reactive ketones (excluding diaryl/α,β-unsaturated/α-hetero) is 2. The maximum atomic E-state index is 13.4. The van der Waals surface area contributed by atoms with Gasteiger partial charge in [0.05, 0.1) is 17.4 Å². The highest BCUT2D eigenvalue weighted by Gasteiger charge is 2.63. The zero-order valence-corrected chi connectivity index (χ0v) is 20.0. The molecule has 1 aromatic rings. The van der Waals surface area contributed by atoms with Crippen LogP contribution in [0.3, 0.4) is 0 Å². The Morgan fingerprint density at radius 1 is 1.31 bits per heavy atom. The number of aromatic hydroxyl groups is 1. The number of aliphatic hydroxyl groups is 3. The van der Waals surface area contributed by atoms with Gasteiger partial charge in [-0.05, 0) is 59.4 Å². The minimum Gasteiger partial charge on any atom is -0.507 e. The Kier molecular flexibility index (Phi) is 5.75. The van der Waals surface area contributed by atoms with Crippen LogP contribution in [0.15, 0.2) is 11.6 Å². The second-order valence-corrected chi connectivity index (χ2v) is 11.3. The summed E-state index contributed by atoms with van der Waals surface area (Å²) >= 11 is 2.04. The molecule has 0 aromatic heterocycles. The normalized spacial score (nSPS) is 32.8. The summed E-state index contributed by atoms with van der Waals surface area (Å²) in [5, 5.41) is 43.3. The topological polar surface area (TPSA) is 175 Å². The highest BCUT2D eigenvalue weighted by molar-refractivity contribution is 14.1. The minimum atomic E-state index is -2.60. The zero-order chi connectivity index (χ0) is 23.7. The van der Waals surface area contributed by atoms with Gasteiger partial charge in [-0.1, -0.05) is 0 Å². The fourth-order valence-electron chi connectivity index (χ4n) is 5.33. The first kappa shape index (κ1) is 23.3. The van der Waals surface area contributed by atoms with Crippen LogP contribution < -0.4 is 5.73 Å². The molecule has 4 rings (SSSR count).